The Kier molecular flexibility index (Phi) is 3.18. The maximum absolute atomic E-state index is 11.3. The Morgan fingerprint density at radius 3 is 2.40 bits per heavy atom. The average Bonchev–Trinajstić information content (AvgIpc) is 1.93. The molecule has 15 heavy (non-hydrogen) atoms. The zero-order chi connectivity index (χ0) is 11.6. The quantitative estimate of drug-likeness (QED) is 0.706. The second-order valence-electron chi connectivity index (χ2n) is 4.45. The molecular formula is C9H16N2O4. The number of aliphatic carboxylic acids is 1. The molecule has 86 valence electrons. The zero-order valence-electron chi connectivity index (χ0n) is 9.11. The summed E-state index contributed by atoms with van der Waals surface area (Å²) in [4.78, 5) is 21.9. The summed E-state index contributed by atoms with van der Waals surface area (Å²) in [6.45, 7) is 5.78. The lowest BCUT2D eigenvalue weighted by atomic mass is 10.1. The Hall–Kier alpha value is -1.30. The molecule has 1 fully saturated rings. The van der Waals surface area contributed by atoms with Crippen LogP contribution in [0.15, 0.2) is 0 Å². The molecule has 1 aliphatic heterocycles. The van der Waals surface area contributed by atoms with E-state index in [2.05, 4.69) is 5.43 Å². The third-order valence-corrected chi connectivity index (χ3v) is 1.94. The summed E-state index contributed by atoms with van der Waals surface area (Å²) in [6, 6.07) is -0.627. The van der Waals surface area contributed by atoms with Gasteiger partial charge in [-0.25, -0.2) is 9.80 Å². The highest BCUT2D eigenvalue weighted by Crippen LogP contribution is 2.15. The molecule has 2 N–H and O–H groups in total. The number of carbonyl (C=O) groups excluding carboxylic acids is 1. The van der Waals surface area contributed by atoms with Crippen molar-refractivity contribution in [3.8, 4) is 0 Å². The minimum atomic E-state index is -0.933. The first-order chi connectivity index (χ1) is 6.79. The first kappa shape index (κ1) is 11.8. The van der Waals surface area contributed by atoms with Gasteiger partial charge < -0.3 is 9.84 Å². The molecule has 0 bridgehead atoms. The van der Waals surface area contributed by atoms with Crippen LogP contribution in [0.2, 0.25) is 0 Å². The first-order valence-electron chi connectivity index (χ1n) is 4.79. The molecule has 6 heteroatoms. The van der Waals surface area contributed by atoms with Gasteiger partial charge in [-0.1, -0.05) is 0 Å². The summed E-state index contributed by atoms with van der Waals surface area (Å²) in [5.74, 6) is -0.933. The van der Waals surface area contributed by atoms with E-state index in [4.69, 9.17) is 9.84 Å². The van der Waals surface area contributed by atoms with E-state index in [9.17, 15) is 9.59 Å². The minimum absolute atomic E-state index is 0.538. The normalized spacial score (nSPS) is 21.7. The van der Waals surface area contributed by atoms with E-state index in [0.717, 1.165) is 0 Å². The third-order valence-electron chi connectivity index (χ3n) is 1.94. The van der Waals surface area contributed by atoms with Gasteiger partial charge in [0.15, 0.2) is 0 Å². The Morgan fingerprint density at radius 2 is 2.07 bits per heavy atom. The number of amides is 1. The van der Waals surface area contributed by atoms with Crippen molar-refractivity contribution in [1.29, 1.82) is 0 Å². The number of carbonyl (C=O) groups is 2. The third kappa shape index (κ3) is 3.39. The van der Waals surface area contributed by atoms with E-state index in [1.807, 2.05) is 0 Å². The molecule has 0 aromatic carbocycles. The van der Waals surface area contributed by atoms with Crippen molar-refractivity contribution in [2.45, 2.75) is 38.8 Å². The van der Waals surface area contributed by atoms with Gasteiger partial charge in [-0.15, -0.1) is 0 Å². The number of hydrazine groups is 1. The molecule has 1 heterocycles. The maximum Gasteiger partial charge on any atom is 0.422 e. The molecule has 0 saturated carbocycles. The van der Waals surface area contributed by atoms with Gasteiger partial charge in [-0.05, 0) is 27.2 Å². The Bertz CT molecular complexity index is 272. The summed E-state index contributed by atoms with van der Waals surface area (Å²) in [6.07, 6.45) is -0.0704. The number of carboxylic acids is 1. The van der Waals surface area contributed by atoms with Crippen molar-refractivity contribution in [2.75, 3.05) is 6.54 Å². The molecule has 1 aliphatic rings. The van der Waals surface area contributed by atoms with Crippen molar-refractivity contribution >= 4 is 12.1 Å². The number of hydrogen-bond donors (Lipinski definition) is 2. The second kappa shape index (κ2) is 4.06. The van der Waals surface area contributed by atoms with Gasteiger partial charge in [0, 0.05) is 6.54 Å². The van der Waals surface area contributed by atoms with E-state index in [-0.39, 0.29) is 0 Å². The highest BCUT2D eigenvalue weighted by atomic mass is 16.6. The highest BCUT2D eigenvalue weighted by molar-refractivity contribution is 5.75. The van der Waals surface area contributed by atoms with Crippen LogP contribution in [0.25, 0.3) is 0 Å². The van der Waals surface area contributed by atoms with Crippen LogP contribution in [0.1, 0.15) is 27.2 Å². The van der Waals surface area contributed by atoms with Gasteiger partial charge in [-0.2, -0.15) is 0 Å². The summed E-state index contributed by atoms with van der Waals surface area (Å²) < 4.78 is 4.99. The summed E-state index contributed by atoms with van der Waals surface area (Å²) >= 11 is 0. The minimum Gasteiger partial charge on any atom is -0.480 e. The standard InChI is InChI=1S/C9H16N2O4/c1-9(2,3)15-8(14)10-11-5-4-6(11)7(12)13/h6H,4-5H2,1-3H3,(H,10,14)(H,12,13)/t6-/m0/s1. The Balaban J connectivity index is 2.36. The smallest absolute Gasteiger partial charge is 0.422 e. The van der Waals surface area contributed by atoms with Gasteiger partial charge >= 0.3 is 12.1 Å². The van der Waals surface area contributed by atoms with Gasteiger partial charge in [0.05, 0.1) is 0 Å². The van der Waals surface area contributed by atoms with Crippen LogP contribution >= 0.6 is 0 Å². The van der Waals surface area contributed by atoms with Crippen LogP contribution in [-0.4, -0.2) is 40.4 Å². The van der Waals surface area contributed by atoms with E-state index < -0.39 is 23.7 Å². The predicted octanol–water partition coefficient (Wildman–Crippen LogP) is 0.585. The van der Waals surface area contributed by atoms with Gasteiger partial charge in [0.2, 0.25) is 0 Å². The predicted molar refractivity (Wildman–Crippen MR) is 52.1 cm³/mol. The number of rotatable bonds is 2. The highest BCUT2D eigenvalue weighted by Gasteiger charge is 2.36. The van der Waals surface area contributed by atoms with Crippen molar-refractivity contribution in [2.24, 2.45) is 0 Å². The maximum atomic E-state index is 11.3. The molecule has 6 nitrogen and oxygen atoms in total. The lowest BCUT2D eigenvalue weighted by Gasteiger charge is -2.37. The van der Waals surface area contributed by atoms with Crippen LogP contribution in [-0.2, 0) is 9.53 Å². The topological polar surface area (TPSA) is 78.9 Å². The van der Waals surface area contributed by atoms with Gasteiger partial charge in [0.25, 0.3) is 0 Å². The molecule has 1 amide bonds. The van der Waals surface area contributed by atoms with Crippen molar-refractivity contribution in [1.82, 2.24) is 10.4 Å². The molecule has 0 spiro atoms. The molecule has 0 aromatic rings. The lowest BCUT2D eigenvalue weighted by Crippen LogP contribution is -2.60. The molecule has 0 unspecified atom stereocenters. The Morgan fingerprint density at radius 1 is 1.47 bits per heavy atom. The largest absolute Gasteiger partial charge is 0.480 e. The summed E-state index contributed by atoms with van der Waals surface area (Å²) in [7, 11) is 0. The number of nitrogens with zero attached hydrogens (tertiary/aromatic N) is 1. The number of carboxylic acid groups (broad SMARTS) is 1. The Labute approximate surface area is 88.2 Å². The van der Waals surface area contributed by atoms with Crippen molar-refractivity contribution < 1.29 is 19.4 Å². The van der Waals surface area contributed by atoms with Crippen molar-refractivity contribution in [3.63, 3.8) is 0 Å². The second-order valence-corrected chi connectivity index (χ2v) is 4.45. The molecule has 1 rings (SSSR count). The molecule has 0 radical (unpaired) electrons. The number of ether oxygens (including phenoxy) is 1. The van der Waals surface area contributed by atoms with Crippen LogP contribution in [0, 0.1) is 0 Å². The fraction of sp³-hybridized carbons (Fsp3) is 0.778. The van der Waals surface area contributed by atoms with E-state index in [1.54, 1.807) is 20.8 Å². The van der Waals surface area contributed by atoms with Crippen LogP contribution in [0.4, 0.5) is 4.79 Å². The SMILES string of the molecule is CC(C)(C)OC(=O)NN1CC[C@H]1C(=O)O. The van der Waals surface area contributed by atoms with E-state index in [1.165, 1.54) is 5.01 Å². The number of nitrogens with one attached hydrogen (secondary N) is 1. The fourth-order valence-corrected chi connectivity index (χ4v) is 1.20. The zero-order valence-corrected chi connectivity index (χ0v) is 9.11. The van der Waals surface area contributed by atoms with Crippen LogP contribution in [0.5, 0.6) is 0 Å². The van der Waals surface area contributed by atoms with E-state index in [0.29, 0.717) is 13.0 Å². The van der Waals surface area contributed by atoms with Crippen LogP contribution < -0.4 is 5.43 Å². The molecule has 1 saturated heterocycles. The molecule has 0 aromatic heterocycles. The molecular weight excluding hydrogens is 200 g/mol. The lowest BCUT2D eigenvalue weighted by molar-refractivity contribution is -0.150. The van der Waals surface area contributed by atoms with Crippen molar-refractivity contribution in [3.05, 3.63) is 0 Å². The monoisotopic (exact) mass is 216 g/mol. The molecule has 1 atom stereocenters. The van der Waals surface area contributed by atoms with Crippen LogP contribution in [0.3, 0.4) is 0 Å². The number of hydrogen-bond acceptors (Lipinski definition) is 4. The van der Waals surface area contributed by atoms with E-state index >= 15 is 0 Å². The summed E-state index contributed by atoms with van der Waals surface area (Å²) in [5.41, 5.74) is 1.82. The fourth-order valence-electron chi connectivity index (χ4n) is 1.20. The van der Waals surface area contributed by atoms with Gasteiger partial charge in [-0.3, -0.25) is 10.2 Å². The first-order valence-corrected chi connectivity index (χ1v) is 4.79. The molecule has 0 aliphatic carbocycles. The average molecular weight is 216 g/mol. The van der Waals surface area contributed by atoms with Gasteiger partial charge in [0.1, 0.15) is 11.6 Å². The summed E-state index contributed by atoms with van der Waals surface area (Å²) in [5, 5.41) is 10.1.